The summed E-state index contributed by atoms with van der Waals surface area (Å²) in [6.07, 6.45) is 18.4. The Morgan fingerprint density at radius 3 is 0.932 bits per heavy atom. The van der Waals surface area contributed by atoms with Gasteiger partial charge in [-0.25, -0.2) is 26.4 Å². The van der Waals surface area contributed by atoms with E-state index >= 15 is 0 Å². The van der Waals surface area contributed by atoms with Crippen molar-refractivity contribution in [2.75, 3.05) is 11.5 Å². The van der Waals surface area contributed by atoms with Crippen LogP contribution in [0.1, 0.15) is 155 Å². The molecule has 0 aromatic carbocycles. The molecule has 0 saturated carbocycles. The van der Waals surface area contributed by atoms with Gasteiger partial charge in [0.25, 0.3) is 0 Å². The Balaban J connectivity index is -0.00000840. The molecule has 2 unspecified atom stereocenters. The molecular weight excluding hydrogens is 630 g/mol. The van der Waals surface area contributed by atoms with E-state index < -0.39 is 55.9 Å². The summed E-state index contributed by atoms with van der Waals surface area (Å²) in [5.74, 6) is -4.96. The zero-order valence-electron chi connectivity index (χ0n) is 28.0. The van der Waals surface area contributed by atoms with Crippen molar-refractivity contribution in [1.29, 1.82) is 0 Å². The van der Waals surface area contributed by atoms with Crippen LogP contribution in [0.2, 0.25) is 0 Å². The van der Waals surface area contributed by atoms with E-state index in [1.807, 2.05) is 0 Å². The van der Waals surface area contributed by atoms with Gasteiger partial charge in [0.15, 0.2) is 0 Å². The number of ether oxygens (including phenoxy) is 2. The van der Waals surface area contributed by atoms with Gasteiger partial charge in [-0.3, -0.25) is 0 Å². The van der Waals surface area contributed by atoms with Crippen LogP contribution in [0.25, 0.3) is 0 Å². The minimum Gasteiger partial charge on any atom is -0.748 e. The molecule has 2 atom stereocenters. The Morgan fingerprint density at radius 2 is 0.705 bits per heavy atom. The van der Waals surface area contributed by atoms with E-state index in [-0.39, 0.29) is 72.0 Å². The quantitative estimate of drug-likeness (QED) is 0.0373. The maximum absolute atomic E-state index is 12.3. The second-order valence-electron chi connectivity index (χ2n) is 11.4. The van der Waals surface area contributed by atoms with Gasteiger partial charge < -0.3 is 18.6 Å². The summed E-state index contributed by atoms with van der Waals surface area (Å²) in [6.45, 7) is 4.34. The Kier molecular flexibility index (Phi) is 34.7. The van der Waals surface area contributed by atoms with Gasteiger partial charge >= 0.3 is 71.1 Å². The van der Waals surface area contributed by atoms with Crippen molar-refractivity contribution in [2.24, 2.45) is 0 Å². The van der Waals surface area contributed by atoms with Crippen LogP contribution in [-0.2, 0) is 39.3 Å². The second kappa shape index (κ2) is 31.1. The molecule has 0 N–H and O–H groups in total. The van der Waals surface area contributed by atoms with Gasteiger partial charge in [-0.1, -0.05) is 129 Å². The first-order valence-electron chi connectivity index (χ1n) is 16.2. The predicted octanol–water partition coefficient (Wildman–Crippen LogP) is 0.530. The molecule has 250 valence electrons. The van der Waals surface area contributed by atoms with Gasteiger partial charge in [0, 0.05) is 0 Å². The Bertz CT molecular complexity index is 841. The average molecular weight is 687 g/mol. The molecule has 44 heavy (non-hydrogen) atoms. The van der Waals surface area contributed by atoms with Gasteiger partial charge in [-0.15, -0.1) is 0 Å². The summed E-state index contributed by atoms with van der Waals surface area (Å²) in [4.78, 5) is 24.7. The fraction of sp³-hybridized carbons (Fsp3) is 0.933. The third-order valence-corrected chi connectivity index (χ3v) is 8.81. The zero-order valence-corrected chi connectivity index (χ0v) is 33.7. The number of unbranched alkanes of at least 4 members (excludes halogenated alkanes) is 18. The summed E-state index contributed by atoms with van der Waals surface area (Å²) < 4.78 is 77.9. The molecule has 0 radical (unpaired) electrons. The van der Waals surface area contributed by atoms with Crippen LogP contribution in [0.15, 0.2) is 0 Å². The molecule has 0 aliphatic rings. The van der Waals surface area contributed by atoms with E-state index in [0.29, 0.717) is 12.8 Å². The second-order valence-corrected chi connectivity index (χ2v) is 14.3. The van der Waals surface area contributed by atoms with Gasteiger partial charge in [0.05, 0.1) is 31.7 Å². The molecule has 0 aliphatic carbocycles. The maximum Gasteiger partial charge on any atom is 1.00 e. The van der Waals surface area contributed by atoms with Gasteiger partial charge in [-0.05, 0) is 25.7 Å². The third-order valence-electron chi connectivity index (χ3n) is 7.25. The number of esters is 2. The van der Waals surface area contributed by atoms with Crippen molar-refractivity contribution in [2.45, 2.75) is 167 Å². The fourth-order valence-corrected chi connectivity index (χ4v) is 6.31. The Morgan fingerprint density at radius 1 is 0.477 bits per heavy atom. The standard InChI is InChI=1S/C30H58O10S2.2Na/c1-3-5-7-9-11-13-15-17-19-21-23-27(25-41(33,34)35)39-29(31)30(32)40-28(26-42(36,37)38)24-22-20-18-16-14-12-10-8-6-4-2;;/h27-28H,3-26H2,1-2H3,(H,33,34,35)(H,36,37,38);;/q;2*+1/p-2. The van der Waals surface area contributed by atoms with Crippen LogP contribution in [-0.4, -0.2) is 61.6 Å². The topological polar surface area (TPSA) is 167 Å². The molecular formula is C30H56Na2O10S2. The molecule has 0 rings (SSSR count). The first kappa shape index (κ1) is 49.2. The van der Waals surface area contributed by atoms with Crippen molar-refractivity contribution in [3.63, 3.8) is 0 Å². The summed E-state index contributed by atoms with van der Waals surface area (Å²) in [5, 5.41) is 0. The van der Waals surface area contributed by atoms with Crippen molar-refractivity contribution >= 4 is 32.2 Å². The number of hydrogen-bond donors (Lipinski definition) is 0. The van der Waals surface area contributed by atoms with Crippen LogP contribution in [0.3, 0.4) is 0 Å². The molecule has 14 heteroatoms. The third kappa shape index (κ3) is 34.1. The molecule has 0 fully saturated rings. The number of hydrogen-bond acceptors (Lipinski definition) is 10. The van der Waals surface area contributed by atoms with E-state index in [2.05, 4.69) is 13.8 Å². The van der Waals surface area contributed by atoms with Crippen LogP contribution >= 0.6 is 0 Å². The van der Waals surface area contributed by atoms with E-state index in [1.54, 1.807) is 0 Å². The summed E-state index contributed by atoms with van der Waals surface area (Å²) in [6, 6.07) is 0. The predicted molar refractivity (Wildman–Crippen MR) is 162 cm³/mol. The first-order chi connectivity index (χ1) is 19.9. The van der Waals surface area contributed by atoms with Crippen LogP contribution in [0.4, 0.5) is 0 Å². The molecule has 0 spiro atoms. The maximum atomic E-state index is 12.3. The first-order valence-corrected chi connectivity index (χ1v) is 19.3. The van der Waals surface area contributed by atoms with Gasteiger partial charge in [0.1, 0.15) is 12.2 Å². The molecule has 0 aromatic rings. The fourth-order valence-electron chi connectivity index (χ4n) is 4.93. The molecule has 0 saturated heterocycles. The smallest absolute Gasteiger partial charge is 0.748 e. The van der Waals surface area contributed by atoms with E-state index in [0.717, 1.165) is 51.4 Å². The summed E-state index contributed by atoms with van der Waals surface area (Å²) >= 11 is 0. The van der Waals surface area contributed by atoms with Crippen molar-refractivity contribution in [3.8, 4) is 0 Å². The zero-order chi connectivity index (χ0) is 31.7. The SMILES string of the molecule is CCCCCCCCCCCCC(CS(=O)(=O)[O-])OC(=O)C(=O)OC(CCCCCCCCCCCC)CS(=O)(=O)[O-].[Na+].[Na+]. The molecule has 0 aromatic heterocycles. The molecule has 10 nitrogen and oxygen atoms in total. The Hall–Kier alpha value is 0.760. The van der Waals surface area contributed by atoms with Gasteiger partial charge in [-0.2, -0.15) is 0 Å². The molecule has 0 amide bonds. The summed E-state index contributed by atoms with van der Waals surface area (Å²) in [5.41, 5.74) is 0. The van der Waals surface area contributed by atoms with E-state index in [9.17, 15) is 35.5 Å². The van der Waals surface area contributed by atoms with Crippen molar-refractivity contribution in [3.05, 3.63) is 0 Å². The minimum absolute atomic E-state index is 0. The van der Waals surface area contributed by atoms with Crippen molar-refractivity contribution in [1.82, 2.24) is 0 Å². The van der Waals surface area contributed by atoms with Crippen molar-refractivity contribution < 1.29 is 104 Å². The number of carbonyl (C=O) groups is 2. The van der Waals surface area contributed by atoms with Crippen LogP contribution in [0.5, 0.6) is 0 Å². The molecule has 0 aliphatic heterocycles. The molecule has 0 heterocycles. The summed E-state index contributed by atoms with van der Waals surface area (Å²) in [7, 11) is -9.46. The molecule has 0 bridgehead atoms. The normalized spacial score (nSPS) is 12.9. The van der Waals surface area contributed by atoms with E-state index in [1.165, 1.54) is 64.2 Å². The number of rotatable bonds is 28. The number of carbonyl (C=O) groups excluding carboxylic acids is 2. The van der Waals surface area contributed by atoms with E-state index in [4.69, 9.17) is 9.47 Å². The largest absolute Gasteiger partial charge is 1.00 e. The van der Waals surface area contributed by atoms with Crippen LogP contribution < -0.4 is 59.1 Å². The minimum atomic E-state index is -4.73. The average Bonchev–Trinajstić information content (AvgIpc) is 2.88. The monoisotopic (exact) mass is 686 g/mol. The van der Waals surface area contributed by atoms with Gasteiger partial charge in [0.2, 0.25) is 0 Å². The Labute approximate surface area is 312 Å². The van der Waals surface area contributed by atoms with Crippen LogP contribution in [0, 0.1) is 0 Å².